The van der Waals surface area contributed by atoms with Gasteiger partial charge < -0.3 is 15.5 Å². The second kappa shape index (κ2) is 9.81. The third-order valence-corrected chi connectivity index (χ3v) is 9.05. The van der Waals surface area contributed by atoms with Crippen LogP contribution < -0.4 is 10.6 Å². The molecule has 162 valence electrons. The molecule has 28 heavy (non-hydrogen) atoms. The van der Waals surface area contributed by atoms with E-state index in [1.165, 1.54) is 57.8 Å². The van der Waals surface area contributed by atoms with Crippen molar-refractivity contribution in [3.8, 4) is 0 Å². The fourth-order valence-corrected chi connectivity index (χ4v) is 7.41. The van der Waals surface area contributed by atoms with Gasteiger partial charge in [0.05, 0.1) is 11.5 Å². The zero-order valence-corrected chi connectivity index (χ0v) is 20.3. The Balaban J connectivity index is 0.00000225. The molecular weight excluding hydrogens is 487 g/mol. The van der Waals surface area contributed by atoms with Gasteiger partial charge in [-0.1, -0.05) is 19.3 Å². The number of sulfone groups is 1. The van der Waals surface area contributed by atoms with Crippen molar-refractivity contribution in [2.45, 2.75) is 88.4 Å². The zero-order chi connectivity index (χ0) is 18.9. The summed E-state index contributed by atoms with van der Waals surface area (Å²) in [4.78, 5) is 7.45. The Morgan fingerprint density at radius 3 is 2.21 bits per heavy atom. The Morgan fingerprint density at radius 2 is 1.61 bits per heavy atom. The lowest BCUT2D eigenvalue weighted by Crippen LogP contribution is -2.57. The summed E-state index contributed by atoms with van der Waals surface area (Å²) in [5.41, 5.74) is 0. The minimum atomic E-state index is -2.83. The number of fused-ring (bicyclic) bond motifs is 2. The maximum atomic E-state index is 11.7. The number of aliphatic imine (C=N–C) groups is 1. The van der Waals surface area contributed by atoms with E-state index < -0.39 is 9.84 Å². The number of guanidine groups is 1. The topological polar surface area (TPSA) is 73.8 Å². The average Bonchev–Trinajstić information content (AvgIpc) is 3.23. The molecule has 3 atom stereocenters. The van der Waals surface area contributed by atoms with Crippen LogP contribution in [0.25, 0.3) is 0 Å². The van der Waals surface area contributed by atoms with Gasteiger partial charge in [0.25, 0.3) is 0 Å². The maximum Gasteiger partial charge on any atom is 0.191 e. The first kappa shape index (κ1) is 22.6. The first-order valence-corrected chi connectivity index (χ1v) is 12.8. The van der Waals surface area contributed by atoms with E-state index in [1.807, 2.05) is 0 Å². The molecule has 0 spiro atoms. The number of nitrogens with zero attached hydrogens (tertiary/aromatic N) is 2. The maximum absolute atomic E-state index is 11.7. The van der Waals surface area contributed by atoms with Crippen molar-refractivity contribution in [1.82, 2.24) is 15.5 Å². The van der Waals surface area contributed by atoms with E-state index in [4.69, 9.17) is 4.99 Å². The quantitative estimate of drug-likeness (QED) is 0.336. The largest absolute Gasteiger partial charge is 0.354 e. The van der Waals surface area contributed by atoms with E-state index in [2.05, 4.69) is 22.6 Å². The summed E-state index contributed by atoms with van der Waals surface area (Å²) >= 11 is 0. The van der Waals surface area contributed by atoms with Crippen molar-refractivity contribution in [2.75, 3.05) is 25.1 Å². The van der Waals surface area contributed by atoms with Crippen LogP contribution in [0.4, 0.5) is 0 Å². The van der Waals surface area contributed by atoms with Crippen LogP contribution in [-0.2, 0) is 9.84 Å². The van der Waals surface area contributed by atoms with Gasteiger partial charge in [-0.05, 0) is 57.9 Å². The summed E-state index contributed by atoms with van der Waals surface area (Å²) in [5.74, 6) is 1.77. The van der Waals surface area contributed by atoms with Gasteiger partial charge in [0.15, 0.2) is 15.8 Å². The number of hydrogen-bond acceptors (Lipinski definition) is 4. The summed E-state index contributed by atoms with van der Waals surface area (Å²) in [6.45, 7) is 0.626. The summed E-state index contributed by atoms with van der Waals surface area (Å²) < 4.78 is 23.5. The Kier molecular flexibility index (Phi) is 7.92. The first-order chi connectivity index (χ1) is 13.0. The smallest absolute Gasteiger partial charge is 0.191 e. The molecule has 8 heteroatoms. The van der Waals surface area contributed by atoms with E-state index in [0.717, 1.165) is 12.4 Å². The van der Waals surface area contributed by atoms with Gasteiger partial charge in [-0.2, -0.15) is 0 Å². The lowest BCUT2D eigenvalue weighted by Gasteiger charge is -2.47. The molecule has 4 aliphatic rings. The van der Waals surface area contributed by atoms with Crippen LogP contribution in [0.1, 0.15) is 64.2 Å². The van der Waals surface area contributed by atoms with Gasteiger partial charge in [-0.25, -0.2) is 8.42 Å². The molecule has 3 heterocycles. The fourth-order valence-electron chi connectivity index (χ4n) is 5.56. The molecule has 3 aliphatic heterocycles. The van der Waals surface area contributed by atoms with Crippen LogP contribution >= 0.6 is 24.0 Å². The van der Waals surface area contributed by atoms with Gasteiger partial charge in [0, 0.05) is 30.7 Å². The lowest BCUT2D eigenvalue weighted by molar-refractivity contribution is 0.0526. The summed E-state index contributed by atoms with van der Waals surface area (Å²) in [6, 6.07) is 2.40. The Hall–Kier alpha value is -0.0900. The summed E-state index contributed by atoms with van der Waals surface area (Å²) in [7, 11) is -0.536. The van der Waals surface area contributed by atoms with Gasteiger partial charge in [0.2, 0.25) is 0 Å². The summed E-state index contributed by atoms with van der Waals surface area (Å²) in [6.07, 6.45) is 12.2. The first-order valence-electron chi connectivity index (χ1n) is 11.0. The van der Waals surface area contributed by atoms with Crippen molar-refractivity contribution < 1.29 is 8.42 Å². The van der Waals surface area contributed by atoms with Crippen molar-refractivity contribution >= 4 is 39.8 Å². The highest BCUT2D eigenvalue weighted by molar-refractivity contribution is 14.0. The second-order valence-electron chi connectivity index (χ2n) is 9.30. The van der Waals surface area contributed by atoms with E-state index in [1.54, 1.807) is 0 Å². The normalized spacial score (nSPS) is 36.1. The third-order valence-electron chi connectivity index (χ3n) is 7.21. The number of nitrogens with one attached hydrogen (secondary N) is 2. The molecular formula is C20H37IN4O2S. The van der Waals surface area contributed by atoms with E-state index in [9.17, 15) is 8.42 Å². The summed E-state index contributed by atoms with van der Waals surface area (Å²) in [5, 5.41) is 7.40. The highest BCUT2D eigenvalue weighted by Crippen LogP contribution is 2.32. The van der Waals surface area contributed by atoms with Gasteiger partial charge in [0.1, 0.15) is 0 Å². The Bertz CT molecular complexity index is 637. The van der Waals surface area contributed by atoms with Crippen LogP contribution in [0.15, 0.2) is 4.99 Å². The van der Waals surface area contributed by atoms with Gasteiger partial charge in [-0.3, -0.25) is 4.99 Å². The fraction of sp³-hybridized carbons (Fsp3) is 0.950. The molecule has 1 aliphatic carbocycles. The molecule has 0 amide bonds. The minimum Gasteiger partial charge on any atom is -0.354 e. The second-order valence-corrected chi connectivity index (χ2v) is 11.5. The molecule has 2 bridgehead atoms. The van der Waals surface area contributed by atoms with Crippen LogP contribution in [0.3, 0.4) is 0 Å². The molecule has 3 unspecified atom stereocenters. The SMILES string of the molecule is CN1C2CCCC1CC(NC(=NCC1CCS(=O)(=O)C1)NC1CCCC1)C2.I. The van der Waals surface area contributed by atoms with Gasteiger partial charge in [-0.15, -0.1) is 24.0 Å². The molecule has 4 fully saturated rings. The van der Waals surface area contributed by atoms with Crippen molar-refractivity contribution in [3.63, 3.8) is 0 Å². The van der Waals surface area contributed by atoms with Gasteiger partial charge >= 0.3 is 0 Å². The molecule has 2 N–H and O–H groups in total. The van der Waals surface area contributed by atoms with Crippen LogP contribution in [0.5, 0.6) is 0 Å². The third kappa shape index (κ3) is 5.74. The molecule has 0 aromatic carbocycles. The van der Waals surface area contributed by atoms with E-state index in [-0.39, 0.29) is 29.9 Å². The average molecular weight is 525 g/mol. The molecule has 1 saturated carbocycles. The number of rotatable bonds is 4. The number of hydrogen-bond donors (Lipinski definition) is 2. The highest BCUT2D eigenvalue weighted by Gasteiger charge is 2.36. The lowest BCUT2D eigenvalue weighted by atomic mass is 9.82. The Morgan fingerprint density at radius 1 is 0.964 bits per heavy atom. The molecule has 6 nitrogen and oxygen atoms in total. The van der Waals surface area contributed by atoms with E-state index in [0.29, 0.717) is 42.2 Å². The minimum absolute atomic E-state index is 0. The predicted molar refractivity (Wildman–Crippen MR) is 125 cm³/mol. The van der Waals surface area contributed by atoms with Crippen LogP contribution in [-0.4, -0.2) is 68.5 Å². The van der Waals surface area contributed by atoms with E-state index >= 15 is 0 Å². The number of piperidine rings is 2. The predicted octanol–water partition coefficient (Wildman–Crippen LogP) is 2.53. The van der Waals surface area contributed by atoms with Crippen molar-refractivity contribution in [1.29, 1.82) is 0 Å². The van der Waals surface area contributed by atoms with Crippen LogP contribution in [0, 0.1) is 5.92 Å². The van der Waals surface area contributed by atoms with Crippen molar-refractivity contribution in [3.05, 3.63) is 0 Å². The van der Waals surface area contributed by atoms with Crippen molar-refractivity contribution in [2.24, 2.45) is 10.9 Å². The molecule has 4 rings (SSSR count). The zero-order valence-electron chi connectivity index (χ0n) is 17.1. The standard InChI is InChI=1S/C20H36N4O2S.HI/c1-24-18-7-4-8-19(24)12-17(11-18)23-20(22-16-5-2-3-6-16)21-13-15-9-10-27(25,26)14-15;/h15-19H,2-14H2,1H3,(H2,21,22,23);1H. The number of halogens is 1. The highest BCUT2D eigenvalue weighted by atomic mass is 127. The molecule has 0 aromatic rings. The molecule has 0 radical (unpaired) electrons. The molecule has 3 saturated heterocycles. The Labute approximate surface area is 187 Å². The van der Waals surface area contributed by atoms with Crippen LogP contribution in [0.2, 0.25) is 0 Å². The monoisotopic (exact) mass is 524 g/mol. The molecule has 0 aromatic heterocycles.